The van der Waals surface area contributed by atoms with Gasteiger partial charge in [0, 0.05) is 24.6 Å². The molecule has 1 saturated carbocycles. The summed E-state index contributed by atoms with van der Waals surface area (Å²) in [5, 5.41) is 14.3. The van der Waals surface area contributed by atoms with Crippen molar-refractivity contribution in [3.05, 3.63) is 30.1 Å². The van der Waals surface area contributed by atoms with Crippen LogP contribution in [0, 0.1) is 11.7 Å². The van der Waals surface area contributed by atoms with Gasteiger partial charge in [0.15, 0.2) is 0 Å². The zero-order valence-electron chi connectivity index (χ0n) is 10.9. The van der Waals surface area contributed by atoms with Gasteiger partial charge in [-0.2, -0.15) is 0 Å². The second-order valence-corrected chi connectivity index (χ2v) is 5.65. The molecule has 0 unspecified atom stereocenters. The van der Waals surface area contributed by atoms with E-state index in [1.807, 2.05) is 0 Å². The Morgan fingerprint density at radius 3 is 2.84 bits per heavy atom. The number of fused-ring (bicyclic) bond motifs is 1. The first-order chi connectivity index (χ1) is 9.18. The van der Waals surface area contributed by atoms with Crippen LogP contribution in [0.4, 0.5) is 10.1 Å². The third kappa shape index (κ3) is 2.47. The highest BCUT2D eigenvalue weighted by molar-refractivity contribution is 5.44. The fraction of sp³-hybridized carbons (Fsp3) is 0.600. The summed E-state index contributed by atoms with van der Waals surface area (Å²) < 4.78 is 18.4. The molecule has 0 spiro atoms. The Bertz CT molecular complexity index is 434. The molecule has 1 aliphatic heterocycles. The summed E-state index contributed by atoms with van der Waals surface area (Å²) in [5.74, 6) is -0.0233. The summed E-state index contributed by atoms with van der Waals surface area (Å²) in [6.45, 7) is 1.27. The van der Waals surface area contributed by atoms with Gasteiger partial charge in [-0.15, -0.1) is 0 Å². The highest BCUT2D eigenvalue weighted by Crippen LogP contribution is 2.40. The molecule has 1 aromatic rings. The fourth-order valence-corrected chi connectivity index (χ4v) is 3.36. The number of nitrogens with one attached hydrogen (secondary N) is 1. The highest BCUT2D eigenvalue weighted by atomic mass is 19.1. The van der Waals surface area contributed by atoms with Gasteiger partial charge in [-0.3, -0.25) is 0 Å². The maximum absolute atomic E-state index is 12.9. The molecule has 0 radical (unpaired) electrons. The molecule has 0 amide bonds. The predicted octanol–water partition coefficient (Wildman–Crippen LogP) is 2.56. The Balaban J connectivity index is 1.77. The molecular formula is C15H20FNO2. The summed E-state index contributed by atoms with van der Waals surface area (Å²) in [4.78, 5) is 0. The van der Waals surface area contributed by atoms with Crippen LogP contribution >= 0.6 is 0 Å². The van der Waals surface area contributed by atoms with Gasteiger partial charge in [0.25, 0.3) is 0 Å². The maximum atomic E-state index is 12.9. The van der Waals surface area contributed by atoms with Gasteiger partial charge in [0.2, 0.25) is 0 Å². The molecule has 104 valence electrons. The summed E-state index contributed by atoms with van der Waals surface area (Å²) in [5.41, 5.74) is 0.178. The molecule has 1 aromatic carbocycles. The monoisotopic (exact) mass is 265 g/mol. The largest absolute Gasteiger partial charge is 0.387 e. The molecule has 2 N–H and O–H groups in total. The van der Waals surface area contributed by atoms with Crippen LogP contribution in [0.15, 0.2) is 24.3 Å². The molecule has 1 saturated heterocycles. The number of hydrogen-bond donors (Lipinski definition) is 2. The quantitative estimate of drug-likeness (QED) is 0.863. The first-order valence-electron chi connectivity index (χ1n) is 7.01. The van der Waals surface area contributed by atoms with Crippen molar-refractivity contribution in [3.63, 3.8) is 0 Å². The van der Waals surface area contributed by atoms with Crippen LogP contribution in [0.2, 0.25) is 0 Å². The Morgan fingerprint density at radius 1 is 1.26 bits per heavy atom. The van der Waals surface area contributed by atoms with Crippen molar-refractivity contribution in [2.45, 2.75) is 37.3 Å². The zero-order chi connectivity index (χ0) is 13.3. The minimum atomic E-state index is -0.690. The number of aliphatic hydroxyl groups is 1. The molecule has 1 heterocycles. The Hall–Kier alpha value is -1.13. The molecule has 0 aromatic heterocycles. The number of benzene rings is 1. The summed E-state index contributed by atoms with van der Waals surface area (Å²) in [7, 11) is 0. The lowest BCUT2D eigenvalue weighted by Crippen LogP contribution is -2.58. The van der Waals surface area contributed by atoms with E-state index < -0.39 is 5.60 Å². The van der Waals surface area contributed by atoms with Crippen LogP contribution in [0.5, 0.6) is 0 Å². The summed E-state index contributed by atoms with van der Waals surface area (Å²) in [6.07, 6.45) is 3.74. The normalized spacial score (nSPS) is 34.6. The van der Waals surface area contributed by atoms with E-state index >= 15 is 0 Å². The van der Waals surface area contributed by atoms with Crippen LogP contribution in [0.25, 0.3) is 0 Å². The second-order valence-electron chi connectivity index (χ2n) is 5.65. The zero-order valence-corrected chi connectivity index (χ0v) is 10.9. The van der Waals surface area contributed by atoms with Crippen LogP contribution in [-0.4, -0.2) is 30.0 Å². The SMILES string of the molecule is O[C@]12CCOC[C@@H]1CCC[C@H]2Nc1ccc(F)cc1. The molecule has 3 rings (SSSR count). The molecule has 1 aliphatic carbocycles. The van der Waals surface area contributed by atoms with Crippen molar-refractivity contribution >= 4 is 5.69 Å². The molecule has 4 heteroatoms. The van der Waals surface area contributed by atoms with Gasteiger partial charge >= 0.3 is 0 Å². The maximum Gasteiger partial charge on any atom is 0.123 e. The van der Waals surface area contributed by atoms with E-state index in [0.717, 1.165) is 24.9 Å². The molecule has 2 aliphatic rings. The smallest absolute Gasteiger partial charge is 0.123 e. The van der Waals surface area contributed by atoms with Gasteiger partial charge in [-0.1, -0.05) is 6.42 Å². The topological polar surface area (TPSA) is 41.5 Å². The molecule has 19 heavy (non-hydrogen) atoms. The lowest BCUT2D eigenvalue weighted by Gasteiger charge is -2.48. The van der Waals surface area contributed by atoms with Gasteiger partial charge in [-0.25, -0.2) is 4.39 Å². The number of anilines is 1. The minimum Gasteiger partial charge on any atom is -0.387 e. The average molecular weight is 265 g/mol. The van der Waals surface area contributed by atoms with Crippen LogP contribution in [0.3, 0.4) is 0 Å². The van der Waals surface area contributed by atoms with Gasteiger partial charge in [-0.05, 0) is 37.1 Å². The first kappa shape index (κ1) is 12.9. The minimum absolute atomic E-state index is 0.0283. The van der Waals surface area contributed by atoms with Gasteiger partial charge in [0.1, 0.15) is 5.82 Å². The molecule has 3 nitrogen and oxygen atoms in total. The summed E-state index contributed by atoms with van der Waals surface area (Å²) >= 11 is 0. The van der Waals surface area contributed by atoms with Crippen molar-refractivity contribution in [2.75, 3.05) is 18.5 Å². The highest BCUT2D eigenvalue weighted by Gasteiger charge is 2.47. The third-order valence-electron chi connectivity index (χ3n) is 4.51. The lowest BCUT2D eigenvalue weighted by atomic mass is 9.69. The average Bonchev–Trinajstić information content (AvgIpc) is 2.42. The standard InChI is InChI=1S/C15H20FNO2/c16-12-4-6-13(7-5-12)17-14-3-1-2-11-10-19-9-8-15(11,14)18/h4-7,11,14,17-18H,1-3,8-10H2/t11-,14+,15+/m0/s1. The van der Waals surface area contributed by atoms with E-state index in [-0.39, 0.29) is 17.8 Å². The van der Waals surface area contributed by atoms with Gasteiger partial charge < -0.3 is 15.2 Å². The second kappa shape index (κ2) is 5.10. The van der Waals surface area contributed by atoms with E-state index in [0.29, 0.717) is 19.6 Å². The van der Waals surface area contributed by atoms with Crippen LogP contribution in [-0.2, 0) is 4.74 Å². The first-order valence-corrected chi connectivity index (χ1v) is 7.01. The van der Waals surface area contributed by atoms with E-state index in [1.165, 1.54) is 12.1 Å². The fourth-order valence-electron chi connectivity index (χ4n) is 3.36. The number of hydrogen-bond acceptors (Lipinski definition) is 3. The number of halogens is 1. The molecular weight excluding hydrogens is 245 g/mol. The van der Waals surface area contributed by atoms with E-state index in [2.05, 4.69) is 5.32 Å². The lowest BCUT2D eigenvalue weighted by molar-refractivity contribution is -0.137. The Kier molecular flexibility index (Phi) is 3.46. The van der Waals surface area contributed by atoms with Crippen molar-refractivity contribution in [1.82, 2.24) is 0 Å². The predicted molar refractivity (Wildman–Crippen MR) is 71.5 cm³/mol. The number of ether oxygens (including phenoxy) is 1. The van der Waals surface area contributed by atoms with Crippen LogP contribution in [0.1, 0.15) is 25.7 Å². The molecule has 3 atom stereocenters. The van der Waals surface area contributed by atoms with E-state index in [9.17, 15) is 9.50 Å². The van der Waals surface area contributed by atoms with Crippen molar-refractivity contribution in [2.24, 2.45) is 5.92 Å². The van der Waals surface area contributed by atoms with E-state index in [1.54, 1.807) is 12.1 Å². The van der Waals surface area contributed by atoms with Gasteiger partial charge in [0.05, 0.1) is 18.2 Å². The molecule has 2 fully saturated rings. The Labute approximate surface area is 112 Å². The summed E-state index contributed by atoms with van der Waals surface area (Å²) in [6, 6.07) is 6.36. The van der Waals surface area contributed by atoms with E-state index in [4.69, 9.17) is 4.74 Å². The van der Waals surface area contributed by atoms with Crippen molar-refractivity contribution < 1.29 is 14.2 Å². The van der Waals surface area contributed by atoms with Crippen LogP contribution < -0.4 is 5.32 Å². The van der Waals surface area contributed by atoms with Crippen molar-refractivity contribution in [1.29, 1.82) is 0 Å². The number of rotatable bonds is 2. The van der Waals surface area contributed by atoms with Crippen molar-refractivity contribution in [3.8, 4) is 0 Å². The Morgan fingerprint density at radius 2 is 2.05 bits per heavy atom. The molecule has 0 bridgehead atoms. The third-order valence-corrected chi connectivity index (χ3v) is 4.51.